The molecule has 0 aliphatic carbocycles. The SMILES string of the molecule is CC[C@@H]1C[C@@H](C(=O)NC[C@@H]2CCCO2)CN(Cc2nc(-c3ccccc3)oc2C)C1. The van der Waals surface area contributed by atoms with E-state index in [4.69, 9.17) is 14.1 Å². The molecule has 0 unspecified atom stereocenters. The second-order valence-electron chi connectivity index (χ2n) is 8.67. The van der Waals surface area contributed by atoms with Crippen LogP contribution in [0.2, 0.25) is 0 Å². The minimum atomic E-state index is 0.0194. The highest BCUT2D eigenvalue weighted by atomic mass is 16.5. The van der Waals surface area contributed by atoms with Gasteiger partial charge in [-0.05, 0) is 44.2 Å². The number of amides is 1. The van der Waals surface area contributed by atoms with Gasteiger partial charge in [-0.25, -0.2) is 4.98 Å². The van der Waals surface area contributed by atoms with Gasteiger partial charge in [-0.15, -0.1) is 0 Å². The summed E-state index contributed by atoms with van der Waals surface area (Å²) in [6.45, 7) is 8.12. The van der Waals surface area contributed by atoms with Gasteiger partial charge in [0, 0.05) is 38.3 Å². The predicted molar refractivity (Wildman–Crippen MR) is 116 cm³/mol. The lowest BCUT2D eigenvalue weighted by molar-refractivity contribution is -0.128. The van der Waals surface area contributed by atoms with E-state index in [1.807, 2.05) is 37.3 Å². The minimum Gasteiger partial charge on any atom is -0.441 e. The average molecular weight is 412 g/mol. The summed E-state index contributed by atoms with van der Waals surface area (Å²) in [4.78, 5) is 20.0. The first-order valence-electron chi connectivity index (χ1n) is 11.3. The Labute approximate surface area is 179 Å². The average Bonchev–Trinajstić information content (AvgIpc) is 3.42. The molecular formula is C24H33N3O3. The molecule has 0 saturated carbocycles. The molecule has 1 aromatic heterocycles. The minimum absolute atomic E-state index is 0.0194. The highest BCUT2D eigenvalue weighted by Gasteiger charge is 2.32. The Morgan fingerprint density at radius 1 is 1.27 bits per heavy atom. The number of aryl methyl sites for hydroxylation is 1. The fourth-order valence-corrected chi connectivity index (χ4v) is 4.57. The van der Waals surface area contributed by atoms with Crippen molar-refractivity contribution in [3.05, 3.63) is 41.8 Å². The number of rotatable bonds is 7. The van der Waals surface area contributed by atoms with Crippen LogP contribution < -0.4 is 5.32 Å². The van der Waals surface area contributed by atoms with Crippen LogP contribution in [0.5, 0.6) is 0 Å². The maximum atomic E-state index is 12.8. The first-order valence-corrected chi connectivity index (χ1v) is 11.3. The second kappa shape index (κ2) is 9.75. The van der Waals surface area contributed by atoms with Crippen LogP contribution in [0.1, 0.15) is 44.1 Å². The van der Waals surface area contributed by atoms with Crippen LogP contribution in [0.25, 0.3) is 11.5 Å². The first kappa shape index (κ1) is 21.1. The smallest absolute Gasteiger partial charge is 0.226 e. The number of piperidine rings is 1. The van der Waals surface area contributed by atoms with Crippen LogP contribution in [0.3, 0.4) is 0 Å². The van der Waals surface area contributed by atoms with Crippen molar-refractivity contribution in [2.75, 3.05) is 26.2 Å². The van der Waals surface area contributed by atoms with Gasteiger partial charge in [0.25, 0.3) is 0 Å². The van der Waals surface area contributed by atoms with Gasteiger partial charge in [-0.1, -0.05) is 31.5 Å². The lowest BCUT2D eigenvalue weighted by Crippen LogP contribution is -2.47. The van der Waals surface area contributed by atoms with Crippen LogP contribution in [-0.2, 0) is 16.1 Å². The van der Waals surface area contributed by atoms with Crippen molar-refractivity contribution in [2.45, 2.75) is 52.2 Å². The molecule has 2 fully saturated rings. The summed E-state index contributed by atoms with van der Waals surface area (Å²) in [5.74, 6) is 2.23. The number of ether oxygens (including phenoxy) is 1. The van der Waals surface area contributed by atoms with Gasteiger partial charge < -0.3 is 14.5 Å². The number of benzene rings is 1. The zero-order valence-corrected chi connectivity index (χ0v) is 18.1. The summed E-state index contributed by atoms with van der Waals surface area (Å²) in [5, 5.41) is 3.14. The third kappa shape index (κ3) is 5.10. The third-order valence-electron chi connectivity index (χ3n) is 6.38. The number of aromatic nitrogens is 1. The van der Waals surface area contributed by atoms with Gasteiger partial charge in [0.2, 0.25) is 11.8 Å². The maximum Gasteiger partial charge on any atom is 0.226 e. The summed E-state index contributed by atoms with van der Waals surface area (Å²) in [5.41, 5.74) is 1.95. The molecule has 4 rings (SSSR count). The number of hydrogen-bond donors (Lipinski definition) is 1. The van der Waals surface area contributed by atoms with Crippen LogP contribution in [-0.4, -0.2) is 48.1 Å². The molecule has 2 saturated heterocycles. The van der Waals surface area contributed by atoms with E-state index >= 15 is 0 Å². The lowest BCUT2D eigenvalue weighted by Gasteiger charge is -2.36. The van der Waals surface area contributed by atoms with Crippen LogP contribution >= 0.6 is 0 Å². The van der Waals surface area contributed by atoms with Gasteiger partial charge >= 0.3 is 0 Å². The Balaban J connectivity index is 1.39. The van der Waals surface area contributed by atoms with Crippen molar-refractivity contribution >= 4 is 5.91 Å². The largest absolute Gasteiger partial charge is 0.441 e. The van der Waals surface area contributed by atoms with Gasteiger partial charge in [0.05, 0.1) is 17.7 Å². The monoisotopic (exact) mass is 411 g/mol. The van der Waals surface area contributed by atoms with Crippen molar-refractivity contribution in [1.29, 1.82) is 0 Å². The molecule has 1 aromatic carbocycles. The summed E-state index contributed by atoms with van der Waals surface area (Å²) < 4.78 is 11.6. The fraction of sp³-hybridized carbons (Fsp3) is 0.583. The van der Waals surface area contributed by atoms with Gasteiger partial charge in [-0.2, -0.15) is 0 Å². The normalized spacial score (nSPS) is 24.8. The predicted octanol–water partition coefficient (Wildman–Crippen LogP) is 3.79. The highest BCUT2D eigenvalue weighted by molar-refractivity contribution is 5.79. The van der Waals surface area contributed by atoms with E-state index in [1.165, 1.54) is 0 Å². The Kier molecular flexibility index (Phi) is 6.85. The molecule has 6 heteroatoms. The van der Waals surface area contributed by atoms with Gasteiger partial charge in [0.1, 0.15) is 5.76 Å². The van der Waals surface area contributed by atoms with E-state index in [2.05, 4.69) is 17.1 Å². The number of carbonyl (C=O) groups is 1. The van der Waals surface area contributed by atoms with Crippen LogP contribution in [0.15, 0.2) is 34.7 Å². The number of likely N-dealkylation sites (tertiary alicyclic amines) is 1. The number of nitrogens with one attached hydrogen (secondary N) is 1. The molecule has 6 nitrogen and oxygen atoms in total. The Morgan fingerprint density at radius 3 is 2.83 bits per heavy atom. The molecule has 3 atom stereocenters. The topological polar surface area (TPSA) is 67.6 Å². The van der Waals surface area contributed by atoms with E-state index in [0.29, 0.717) is 24.9 Å². The zero-order chi connectivity index (χ0) is 20.9. The molecule has 0 radical (unpaired) electrons. The molecule has 162 valence electrons. The van der Waals surface area contributed by atoms with E-state index in [9.17, 15) is 4.79 Å². The molecular weight excluding hydrogens is 378 g/mol. The molecule has 2 aromatic rings. The van der Waals surface area contributed by atoms with Crippen molar-refractivity contribution in [2.24, 2.45) is 11.8 Å². The van der Waals surface area contributed by atoms with Gasteiger partial charge in [-0.3, -0.25) is 9.69 Å². The van der Waals surface area contributed by atoms with Crippen LogP contribution in [0.4, 0.5) is 0 Å². The van der Waals surface area contributed by atoms with Crippen molar-refractivity contribution in [1.82, 2.24) is 15.2 Å². The third-order valence-corrected chi connectivity index (χ3v) is 6.38. The molecule has 2 aliphatic rings. The quantitative estimate of drug-likeness (QED) is 0.751. The molecule has 3 heterocycles. The Morgan fingerprint density at radius 2 is 2.10 bits per heavy atom. The highest BCUT2D eigenvalue weighted by Crippen LogP contribution is 2.28. The number of hydrogen-bond acceptors (Lipinski definition) is 5. The maximum absolute atomic E-state index is 12.8. The molecule has 30 heavy (non-hydrogen) atoms. The summed E-state index contributed by atoms with van der Waals surface area (Å²) in [7, 11) is 0. The fourth-order valence-electron chi connectivity index (χ4n) is 4.57. The van der Waals surface area contributed by atoms with E-state index in [0.717, 1.165) is 62.4 Å². The molecule has 0 spiro atoms. The summed E-state index contributed by atoms with van der Waals surface area (Å²) in [6.07, 6.45) is 4.36. The van der Waals surface area contributed by atoms with E-state index in [-0.39, 0.29) is 17.9 Å². The summed E-state index contributed by atoms with van der Waals surface area (Å²) >= 11 is 0. The standard InChI is InChI=1S/C24H33N3O3/c1-3-18-12-20(23(28)25-13-21-10-7-11-29-21)15-27(14-18)16-22-17(2)30-24(26-22)19-8-5-4-6-9-19/h4-6,8-9,18,20-21H,3,7,10-16H2,1-2H3,(H,25,28)/t18-,20-,21+/m1/s1. The number of carbonyl (C=O) groups excluding carboxylic acids is 1. The van der Waals surface area contributed by atoms with E-state index < -0.39 is 0 Å². The van der Waals surface area contributed by atoms with Gasteiger partial charge in [0.15, 0.2) is 0 Å². The van der Waals surface area contributed by atoms with Crippen molar-refractivity contribution in [3.8, 4) is 11.5 Å². The molecule has 1 amide bonds. The molecule has 2 aliphatic heterocycles. The second-order valence-corrected chi connectivity index (χ2v) is 8.67. The first-order chi connectivity index (χ1) is 14.6. The Hall–Kier alpha value is -2.18. The van der Waals surface area contributed by atoms with Crippen molar-refractivity contribution in [3.63, 3.8) is 0 Å². The summed E-state index contributed by atoms with van der Waals surface area (Å²) in [6, 6.07) is 9.99. The van der Waals surface area contributed by atoms with Crippen molar-refractivity contribution < 1.29 is 13.9 Å². The zero-order valence-electron chi connectivity index (χ0n) is 18.1. The molecule has 0 bridgehead atoms. The number of nitrogens with zero attached hydrogens (tertiary/aromatic N) is 2. The lowest BCUT2D eigenvalue weighted by atomic mass is 9.87. The van der Waals surface area contributed by atoms with Crippen LogP contribution in [0, 0.1) is 18.8 Å². The van der Waals surface area contributed by atoms with E-state index in [1.54, 1.807) is 0 Å². The Bertz CT molecular complexity index is 829. The molecule has 1 N–H and O–H groups in total. The number of oxazole rings is 1.